The number of methoxy groups -OCH3 is 2. The predicted octanol–water partition coefficient (Wildman–Crippen LogP) is 4.25. The van der Waals surface area contributed by atoms with Crippen molar-refractivity contribution in [3.63, 3.8) is 0 Å². The van der Waals surface area contributed by atoms with Crippen LogP contribution in [0.2, 0.25) is 0 Å². The summed E-state index contributed by atoms with van der Waals surface area (Å²) in [4.78, 5) is 26.4. The van der Waals surface area contributed by atoms with E-state index in [0.29, 0.717) is 23.0 Å². The molecule has 3 aromatic rings. The second-order valence-corrected chi connectivity index (χ2v) is 7.52. The second kappa shape index (κ2) is 9.56. The van der Waals surface area contributed by atoms with Crippen LogP contribution in [0.15, 0.2) is 72.8 Å². The average Bonchev–Trinajstić information content (AvgIpc) is 2.83. The number of fused-ring (bicyclic) bond motifs is 1. The highest BCUT2D eigenvalue weighted by molar-refractivity contribution is 5.86. The van der Waals surface area contributed by atoms with Crippen molar-refractivity contribution in [3.8, 4) is 23.0 Å². The first-order valence-electron chi connectivity index (χ1n) is 10.4. The lowest BCUT2D eigenvalue weighted by atomic mass is 9.75. The summed E-state index contributed by atoms with van der Waals surface area (Å²) in [6.45, 7) is 0. The fourth-order valence-corrected chi connectivity index (χ4v) is 4.06. The van der Waals surface area contributed by atoms with Gasteiger partial charge in [0.05, 0.1) is 26.1 Å². The van der Waals surface area contributed by atoms with E-state index in [1.54, 1.807) is 74.9 Å². The number of carbonyl (C=O) groups excluding carboxylic acids is 2. The summed E-state index contributed by atoms with van der Waals surface area (Å²) in [5, 5.41) is 0. The summed E-state index contributed by atoms with van der Waals surface area (Å²) >= 11 is 0. The molecule has 0 heterocycles. The zero-order chi connectivity index (χ0) is 22.5. The van der Waals surface area contributed by atoms with Gasteiger partial charge in [0.2, 0.25) is 0 Å². The Labute approximate surface area is 186 Å². The lowest BCUT2D eigenvalue weighted by Gasteiger charge is -2.31. The van der Waals surface area contributed by atoms with Gasteiger partial charge in [-0.15, -0.1) is 0 Å². The second-order valence-electron chi connectivity index (χ2n) is 7.52. The Bertz CT molecular complexity index is 1010. The first kappa shape index (κ1) is 21.4. The maximum atomic E-state index is 13.2. The van der Waals surface area contributed by atoms with E-state index in [-0.39, 0.29) is 12.8 Å². The van der Waals surface area contributed by atoms with E-state index in [1.807, 2.05) is 12.1 Å². The van der Waals surface area contributed by atoms with Gasteiger partial charge >= 0.3 is 11.9 Å². The maximum Gasteiger partial charge on any atom is 0.315 e. The van der Waals surface area contributed by atoms with Crippen LogP contribution in [0, 0.1) is 11.8 Å². The van der Waals surface area contributed by atoms with Crippen molar-refractivity contribution in [1.29, 1.82) is 0 Å². The highest BCUT2D eigenvalue weighted by Crippen LogP contribution is 2.41. The van der Waals surface area contributed by atoms with Gasteiger partial charge in [-0.05, 0) is 49.2 Å². The van der Waals surface area contributed by atoms with Crippen molar-refractivity contribution in [2.45, 2.75) is 12.8 Å². The first-order chi connectivity index (χ1) is 15.6. The Morgan fingerprint density at radius 3 is 1.34 bits per heavy atom. The minimum absolute atomic E-state index is 0.274. The lowest BCUT2D eigenvalue weighted by Crippen LogP contribution is -2.40. The highest BCUT2D eigenvalue weighted by Gasteiger charge is 2.42. The van der Waals surface area contributed by atoms with Crippen LogP contribution in [0.1, 0.15) is 11.1 Å². The van der Waals surface area contributed by atoms with Crippen molar-refractivity contribution in [2.75, 3.05) is 14.2 Å². The van der Waals surface area contributed by atoms with Crippen molar-refractivity contribution in [2.24, 2.45) is 11.8 Å². The molecule has 32 heavy (non-hydrogen) atoms. The van der Waals surface area contributed by atoms with Crippen LogP contribution in [0.25, 0.3) is 0 Å². The fraction of sp³-hybridized carbons (Fsp3) is 0.231. The van der Waals surface area contributed by atoms with E-state index < -0.39 is 23.8 Å². The van der Waals surface area contributed by atoms with Gasteiger partial charge in [0, 0.05) is 11.1 Å². The average molecular weight is 432 g/mol. The molecule has 4 rings (SSSR count). The molecule has 0 amide bonds. The summed E-state index contributed by atoms with van der Waals surface area (Å²) < 4.78 is 22.3. The molecule has 2 atom stereocenters. The fourth-order valence-electron chi connectivity index (χ4n) is 4.06. The van der Waals surface area contributed by atoms with Gasteiger partial charge in [-0.1, -0.05) is 36.4 Å². The van der Waals surface area contributed by atoms with Gasteiger partial charge in [-0.3, -0.25) is 9.59 Å². The molecule has 0 aliphatic heterocycles. The number of rotatable bonds is 6. The minimum Gasteiger partial charge on any atom is -0.496 e. The number of hydrogen-bond donors (Lipinski definition) is 0. The predicted molar refractivity (Wildman–Crippen MR) is 118 cm³/mol. The highest BCUT2D eigenvalue weighted by atomic mass is 16.5. The van der Waals surface area contributed by atoms with E-state index in [4.69, 9.17) is 18.9 Å². The Hall–Kier alpha value is -3.80. The lowest BCUT2D eigenvalue weighted by molar-refractivity contribution is -0.151. The number of para-hydroxylation sites is 2. The molecule has 0 fully saturated rings. The third-order valence-electron chi connectivity index (χ3n) is 5.65. The van der Waals surface area contributed by atoms with Crippen LogP contribution in [-0.2, 0) is 22.4 Å². The van der Waals surface area contributed by atoms with E-state index in [0.717, 1.165) is 11.1 Å². The largest absolute Gasteiger partial charge is 0.496 e. The van der Waals surface area contributed by atoms with Gasteiger partial charge in [-0.25, -0.2) is 0 Å². The molecule has 6 heteroatoms. The SMILES string of the molecule is COc1ccc(OC)c2c1C[C@H](C(=O)Oc1ccccc1)[C@@H](C(=O)Oc1ccccc1)C2. The van der Waals surface area contributed by atoms with Gasteiger partial charge in [0.1, 0.15) is 23.0 Å². The summed E-state index contributed by atoms with van der Waals surface area (Å²) in [6.07, 6.45) is 0.547. The van der Waals surface area contributed by atoms with Gasteiger partial charge in [-0.2, -0.15) is 0 Å². The van der Waals surface area contributed by atoms with Gasteiger partial charge in [0.15, 0.2) is 0 Å². The molecule has 0 spiro atoms. The first-order valence-corrected chi connectivity index (χ1v) is 10.4. The van der Waals surface area contributed by atoms with E-state index in [9.17, 15) is 9.59 Å². The Balaban J connectivity index is 1.69. The van der Waals surface area contributed by atoms with Crippen LogP contribution < -0.4 is 18.9 Å². The molecule has 1 aliphatic carbocycles. The quantitative estimate of drug-likeness (QED) is 0.429. The van der Waals surface area contributed by atoms with Crippen LogP contribution in [0.3, 0.4) is 0 Å². The van der Waals surface area contributed by atoms with E-state index in [2.05, 4.69) is 0 Å². The zero-order valence-corrected chi connectivity index (χ0v) is 17.9. The monoisotopic (exact) mass is 432 g/mol. The molecule has 0 bridgehead atoms. The van der Waals surface area contributed by atoms with Gasteiger partial charge < -0.3 is 18.9 Å². The molecular formula is C26H24O6. The molecule has 0 radical (unpaired) electrons. The maximum absolute atomic E-state index is 13.2. The normalized spacial score (nSPS) is 17.1. The molecule has 164 valence electrons. The molecule has 6 nitrogen and oxygen atoms in total. The molecule has 0 N–H and O–H groups in total. The number of carbonyl (C=O) groups is 2. The molecular weight excluding hydrogens is 408 g/mol. The standard InChI is InChI=1S/C26H24O6/c1-29-23-13-14-24(30-2)20-16-22(26(28)32-18-11-7-4-8-12-18)21(15-19(20)23)25(27)31-17-9-5-3-6-10-17/h3-14,21-22H,15-16H2,1-2H3/t21-,22-/m0/s1. The third kappa shape index (κ3) is 4.44. The summed E-state index contributed by atoms with van der Waals surface area (Å²) in [5.41, 5.74) is 1.68. The smallest absolute Gasteiger partial charge is 0.315 e. The minimum atomic E-state index is -0.736. The van der Waals surface area contributed by atoms with Crippen LogP contribution in [0.5, 0.6) is 23.0 Å². The molecule has 0 saturated heterocycles. The number of ether oxygens (including phenoxy) is 4. The van der Waals surface area contributed by atoms with Crippen molar-refractivity contribution >= 4 is 11.9 Å². The summed E-state index contributed by atoms with van der Waals surface area (Å²) in [6, 6.07) is 21.2. The van der Waals surface area contributed by atoms with Crippen molar-refractivity contribution in [1.82, 2.24) is 0 Å². The molecule has 3 aromatic carbocycles. The molecule has 1 aliphatic rings. The third-order valence-corrected chi connectivity index (χ3v) is 5.65. The van der Waals surface area contributed by atoms with E-state index in [1.165, 1.54) is 0 Å². The van der Waals surface area contributed by atoms with E-state index >= 15 is 0 Å². The van der Waals surface area contributed by atoms with Gasteiger partial charge in [0.25, 0.3) is 0 Å². The van der Waals surface area contributed by atoms with Crippen LogP contribution in [0.4, 0.5) is 0 Å². The zero-order valence-electron chi connectivity index (χ0n) is 17.9. The Morgan fingerprint density at radius 2 is 1.00 bits per heavy atom. The summed E-state index contributed by atoms with van der Waals surface area (Å²) in [7, 11) is 3.16. The number of benzene rings is 3. The Morgan fingerprint density at radius 1 is 0.625 bits per heavy atom. The molecule has 0 saturated carbocycles. The summed E-state index contributed by atoms with van der Waals surface area (Å²) in [5.74, 6) is -0.295. The van der Waals surface area contributed by atoms with Crippen LogP contribution >= 0.6 is 0 Å². The van der Waals surface area contributed by atoms with Crippen LogP contribution in [-0.4, -0.2) is 26.2 Å². The molecule has 0 aromatic heterocycles. The molecule has 0 unspecified atom stereocenters. The number of esters is 2. The van der Waals surface area contributed by atoms with Crippen molar-refractivity contribution < 1.29 is 28.5 Å². The van der Waals surface area contributed by atoms with Crippen molar-refractivity contribution in [3.05, 3.63) is 83.9 Å². The Kier molecular flexibility index (Phi) is 6.40. The topological polar surface area (TPSA) is 71.1 Å². The number of hydrogen-bond acceptors (Lipinski definition) is 6.